The van der Waals surface area contributed by atoms with Crippen molar-refractivity contribution in [1.29, 1.82) is 0 Å². The van der Waals surface area contributed by atoms with Crippen LogP contribution in [0.3, 0.4) is 0 Å². The van der Waals surface area contributed by atoms with Crippen molar-refractivity contribution >= 4 is 23.9 Å². The molecular weight excluding hydrogens is 669 g/mol. The van der Waals surface area contributed by atoms with E-state index < -0.39 is 0 Å². The minimum Gasteiger partial charge on any atom is -0.158 e. The van der Waals surface area contributed by atoms with Crippen LogP contribution in [0.1, 0.15) is 131 Å². The molecule has 4 aromatic rings. The molecule has 2 fully saturated rings. The van der Waals surface area contributed by atoms with Gasteiger partial charge in [0.2, 0.25) is 0 Å². The summed E-state index contributed by atoms with van der Waals surface area (Å²) in [5.41, 5.74) is 9.59. The highest BCUT2D eigenvalue weighted by Gasteiger charge is 2.25. The largest absolute Gasteiger partial charge is 0.158 e. The van der Waals surface area contributed by atoms with E-state index in [0.717, 1.165) is 47.2 Å². The van der Waals surface area contributed by atoms with Gasteiger partial charge in [0, 0.05) is 11.8 Å². The second-order valence-electron chi connectivity index (χ2n) is 15.8. The van der Waals surface area contributed by atoms with Crippen LogP contribution in [0.4, 0.5) is 0 Å². The number of aryl methyl sites for hydroxylation is 2. The molecule has 0 amide bonds. The van der Waals surface area contributed by atoms with Gasteiger partial charge in [-0.15, -0.1) is 6.58 Å². The van der Waals surface area contributed by atoms with Gasteiger partial charge in [0.1, 0.15) is 0 Å². The Labute approximate surface area is 332 Å². The first-order chi connectivity index (χ1) is 27.0. The number of benzene rings is 4. The Kier molecular flexibility index (Phi) is 17.5. The molecule has 0 atom stereocenters. The lowest BCUT2D eigenvalue weighted by molar-refractivity contribution is 0.315. The smallest absolute Gasteiger partial charge is 0.0733 e. The second-order valence-corrected chi connectivity index (χ2v) is 15.8. The van der Waals surface area contributed by atoms with E-state index in [1.54, 1.807) is 0 Å². The van der Waals surface area contributed by atoms with E-state index in [0.29, 0.717) is 11.8 Å². The molecule has 0 heterocycles. The van der Waals surface area contributed by atoms with Crippen molar-refractivity contribution in [3.8, 4) is 0 Å². The summed E-state index contributed by atoms with van der Waals surface area (Å²) in [7, 11) is 0. The van der Waals surface area contributed by atoms with Gasteiger partial charge < -0.3 is 0 Å². The van der Waals surface area contributed by atoms with Gasteiger partial charge >= 0.3 is 0 Å². The van der Waals surface area contributed by atoms with Crippen molar-refractivity contribution < 1.29 is 0 Å². The van der Waals surface area contributed by atoms with Crippen LogP contribution in [0.5, 0.6) is 0 Å². The molecule has 0 spiro atoms. The molecule has 0 saturated heterocycles. The molecule has 2 aliphatic carbocycles. The quantitative estimate of drug-likeness (QED) is 0.0506. The fourth-order valence-electron chi connectivity index (χ4n) is 7.88. The van der Waals surface area contributed by atoms with Crippen LogP contribution in [0, 0.1) is 30.6 Å². The van der Waals surface area contributed by atoms with Crippen molar-refractivity contribution in [2.24, 2.45) is 44.1 Å². The highest BCUT2D eigenvalue weighted by molar-refractivity contribution is 6.03. The van der Waals surface area contributed by atoms with E-state index in [4.69, 9.17) is 5.10 Å². The summed E-state index contributed by atoms with van der Waals surface area (Å²) in [6, 6.07) is 38.3. The van der Waals surface area contributed by atoms with Gasteiger partial charge in [0.15, 0.2) is 0 Å². The topological polar surface area (TPSA) is 49.4 Å². The number of nitrogens with zero attached hydrogens (tertiary/aromatic N) is 4. The molecule has 6 rings (SSSR count). The lowest BCUT2D eigenvalue weighted by Crippen LogP contribution is -2.22. The molecule has 4 heteroatoms. The SMILES string of the molecule is C=CCCCCCc1ccc(C=NN=C(c2ccccc2)C2CCC(C)CC2)cc1.CCC1CCC(C(=NN=Cc2ccc(C)cc2)c2ccccc2)CC1. The molecule has 55 heavy (non-hydrogen) atoms. The Morgan fingerprint density at radius 3 is 1.58 bits per heavy atom. The molecule has 4 aromatic carbocycles. The maximum absolute atomic E-state index is 4.72. The normalized spacial score (nSPS) is 20.6. The van der Waals surface area contributed by atoms with Gasteiger partial charge in [0.05, 0.1) is 23.9 Å². The summed E-state index contributed by atoms with van der Waals surface area (Å²) in [5, 5.41) is 18.3. The van der Waals surface area contributed by atoms with E-state index >= 15 is 0 Å². The summed E-state index contributed by atoms with van der Waals surface area (Å²) in [6.07, 6.45) is 23.2. The van der Waals surface area contributed by atoms with Gasteiger partial charge in [0.25, 0.3) is 0 Å². The van der Waals surface area contributed by atoms with E-state index in [1.165, 1.54) is 99.3 Å². The molecule has 0 radical (unpaired) electrons. The third kappa shape index (κ3) is 14.1. The van der Waals surface area contributed by atoms with Gasteiger partial charge in [-0.1, -0.05) is 160 Å². The molecule has 0 N–H and O–H groups in total. The summed E-state index contributed by atoms with van der Waals surface area (Å²) in [4.78, 5) is 0. The molecule has 0 bridgehead atoms. The fourth-order valence-corrected chi connectivity index (χ4v) is 7.88. The molecule has 0 aromatic heterocycles. The standard InChI is InChI=1S/C28H36N2.C23H28N2/c1-3-4-5-6-8-11-24-16-18-25(19-17-24)22-29-30-28(26-12-9-7-10-13-26)27-20-14-23(2)15-21-27;1-3-19-13-15-22(16-14-19)23(21-7-5-4-6-8-21)25-24-17-20-11-9-18(2)10-12-20/h3,7,9-10,12-13,16-19,22-23,27H,1,4-6,8,11,14-15,20-21H2,2H3;4-12,17,19,22H,3,13-16H2,1-2H3. The molecule has 4 nitrogen and oxygen atoms in total. The second kappa shape index (κ2) is 23.3. The Balaban J connectivity index is 0.000000214. The van der Waals surface area contributed by atoms with E-state index in [2.05, 4.69) is 152 Å². The van der Waals surface area contributed by atoms with Crippen molar-refractivity contribution in [3.63, 3.8) is 0 Å². The number of rotatable bonds is 15. The Hall–Kier alpha value is -4.70. The third-order valence-corrected chi connectivity index (χ3v) is 11.5. The van der Waals surface area contributed by atoms with Gasteiger partial charge in [-0.3, -0.25) is 0 Å². The Morgan fingerprint density at radius 1 is 0.600 bits per heavy atom. The van der Waals surface area contributed by atoms with Crippen LogP contribution < -0.4 is 0 Å². The Bertz CT molecular complexity index is 1790. The first-order valence-corrected chi connectivity index (χ1v) is 21.1. The summed E-state index contributed by atoms with van der Waals surface area (Å²) in [5.74, 6) is 2.77. The third-order valence-electron chi connectivity index (χ3n) is 11.5. The van der Waals surface area contributed by atoms with E-state index in [9.17, 15) is 0 Å². The molecule has 0 unspecified atom stereocenters. The van der Waals surface area contributed by atoms with E-state index in [-0.39, 0.29) is 0 Å². The molecular formula is C51H64N4. The number of unbranched alkanes of at least 4 members (excludes halogenated alkanes) is 3. The van der Waals surface area contributed by atoms with Crippen LogP contribution >= 0.6 is 0 Å². The monoisotopic (exact) mass is 733 g/mol. The zero-order valence-electron chi connectivity index (χ0n) is 33.8. The number of hydrogen-bond donors (Lipinski definition) is 0. The van der Waals surface area contributed by atoms with Crippen LogP contribution in [-0.4, -0.2) is 23.9 Å². The van der Waals surface area contributed by atoms with Gasteiger partial charge in [-0.05, 0) is 111 Å². The maximum atomic E-state index is 4.72. The highest BCUT2D eigenvalue weighted by Crippen LogP contribution is 2.33. The highest BCUT2D eigenvalue weighted by atomic mass is 15.2. The summed E-state index contributed by atoms with van der Waals surface area (Å²) < 4.78 is 0. The van der Waals surface area contributed by atoms with Crippen molar-refractivity contribution in [1.82, 2.24) is 0 Å². The molecule has 0 aliphatic heterocycles. The molecule has 2 saturated carbocycles. The average molecular weight is 733 g/mol. The minimum absolute atomic E-state index is 0.518. The van der Waals surface area contributed by atoms with Crippen LogP contribution in [0.25, 0.3) is 0 Å². The van der Waals surface area contributed by atoms with Gasteiger partial charge in [-0.2, -0.15) is 20.4 Å². The first-order valence-electron chi connectivity index (χ1n) is 21.1. The van der Waals surface area contributed by atoms with Crippen molar-refractivity contribution in [2.45, 2.75) is 111 Å². The zero-order valence-corrected chi connectivity index (χ0v) is 33.8. The van der Waals surface area contributed by atoms with Crippen molar-refractivity contribution in [2.75, 3.05) is 0 Å². The van der Waals surface area contributed by atoms with E-state index in [1.807, 2.05) is 18.5 Å². The van der Waals surface area contributed by atoms with Crippen molar-refractivity contribution in [3.05, 3.63) is 155 Å². The summed E-state index contributed by atoms with van der Waals surface area (Å²) in [6.45, 7) is 10.6. The minimum atomic E-state index is 0.518. The fraction of sp³-hybridized carbons (Fsp3) is 0.412. The number of hydrogen-bond acceptors (Lipinski definition) is 4. The molecule has 2 aliphatic rings. The average Bonchev–Trinajstić information content (AvgIpc) is 3.24. The molecule has 288 valence electrons. The van der Waals surface area contributed by atoms with Crippen LogP contribution in [0.15, 0.2) is 142 Å². The number of allylic oxidation sites excluding steroid dienone is 1. The first kappa shape index (κ1) is 41.5. The summed E-state index contributed by atoms with van der Waals surface area (Å²) >= 11 is 0. The predicted octanol–water partition coefficient (Wildman–Crippen LogP) is 13.7. The lowest BCUT2D eigenvalue weighted by Gasteiger charge is -2.28. The zero-order chi connectivity index (χ0) is 38.5. The van der Waals surface area contributed by atoms with Crippen LogP contribution in [-0.2, 0) is 6.42 Å². The van der Waals surface area contributed by atoms with Gasteiger partial charge in [-0.25, -0.2) is 0 Å². The lowest BCUT2D eigenvalue weighted by atomic mass is 9.77. The maximum Gasteiger partial charge on any atom is 0.0733 e. The predicted molar refractivity (Wildman–Crippen MR) is 238 cm³/mol. The Morgan fingerprint density at radius 2 is 1.09 bits per heavy atom. The van der Waals surface area contributed by atoms with Crippen LogP contribution in [0.2, 0.25) is 0 Å².